The summed E-state index contributed by atoms with van der Waals surface area (Å²) in [6.45, 7) is 9.63. The van der Waals surface area contributed by atoms with Gasteiger partial charge in [-0.1, -0.05) is 93.0 Å². The summed E-state index contributed by atoms with van der Waals surface area (Å²) in [6, 6.07) is 21.1. The van der Waals surface area contributed by atoms with Crippen LogP contribution in [0.15, 0.2) is 60.7 Å². The van der Waals surface area contributed by atoms with Gasteiger partial charge in [-0.25, -0.2) is 4.98 Å². The lowest BCUT2D eigenvalue weighted by molar-refractivity contribution is 0.269. The fraction of sp³-hybridized carbons (Fsp3) is 0.407. The molecule has 0 aliphatic carbocycles. The highest BCUT2D eigenvalue weighted by atomic mass is 35.5. The summed E-state index contributed by atoms with van der Waals surface area (Å²) in [5.41, 5.74) is 0. The number of aromatic nitrogens is 2. The van der Waals surface area contributed by atoms with Crippen molar-refractivity contribution in [3.63, 3.8) is 0 Å². The number of halogens is 2. The predicted octanol–water partition coefficient (Wildman–Crippen LogP) is 4.95. The number of hydrogen-bond acceptors (Lipinski definition) is 6. The van der Waals surface area contributed by atoms with Crippen LogP contribution < -0.4 is 20.0 Å². The molecule has 3 rings (SSSR count). The zero-order chi connectivity index (χ0) is 26.3. The highest BCUT2D eigenvalue weighted by molar-refractivity contribution is 6.99. The van der Waals surface area contributed by atoms with Crippen molar-refractivity contribution in [1.29, 1.82) is 0 Å². The van der Waals surface area contributed by atoms with E-state index in [1.165, 1.54) is 17.5 Å². The molecule has 0 aliphatic heterocycles. The molecule has 0 aliphatic rings. The van der Waals surface area contributed by atoms with Crippen molar-refractivity contribution < 1.29 is 14.3 Å². The average molecular weight is 549 g/mol. The Morgan fingerprint density at radius 1 is 0.972 bits per heavy atom. The zero-order valence-electron chi connectivity index (χ0n) is 21.5. The second-order valence-electron chi connectivity index (χ2n) is 9.71. The standard InChI is InChI=1S/C27H35Cl2N3O3Si/c1-20(32(17-18-33)25-23(34-5)24(28)30-26(29)31-25)16-19-35-36(27(2,3)4,21-12-8-6-9-13-21)22-14-10-7-11-15-22/h6-15,20,33H,16-19H2,1-5H3/t20-/m0/s1. The van der Waals surface area contributed by atoms with E-state index in [1.54, 1.807) is 0 Å². The molecule has 1 atom stereocenters. The molecule has 6 nitrogen and oxygen atoms in total. The summed E-state index contributed by atoms with van der Waals surface area (Å²) in [6.07, 6.45) is 0.687. The van der Waals surface area contributed by atoms with E-state index in [-0.39, 0.29) is 28.1 Å². The molecule has 36 heavy (non-hydrogen) atoms. The number of nitrogens with zero attached hydrogens (tertiary/aromatic N) is 3. The van der Waals surface area contributed by atoms with Gasteiger partial charge in [0, 0.05) is 19.2 Å². The first-order valence-corrected chi connectivity index (χ1v) is 14.7. The minimum absolute atomic E-state index is 0.0227. The molecule has 0 radical (unpaired) electrons. The molecular formula is C27H35Cl2N3O3Si. The maximum absolute atomic E-state index is 9.79. The molecular weight excluding hydrogens is 513 g/mol. The van der Waals surface area contributed by atoms with Crippen molar-refractivity contribution in [1.82, 2.24) is 9.97 Å². The first kappa shape index (κ1) is 28.4. The lowest BCUT2D eigenvalue weighted by Gasteiger charge is -2.43. The van der Waals surface area contributed by atoms with Crippen LogP contribution in [0.5, 0.6) is 5.75 Å². The summed E-state index contributed by atoms with van der Waals surface area (Å²) in [4.78, 5) is 10.3. The van der Waals surface area contributed by atoms with Crippen molar-refractivity contribution in [2.75, 3.05) is 31.8 Å². The van der Waals surface area contributed by atoms with Gasteiger partial charge in [0.2, 0.25) is 5.28 Å². The molecule has 1 aromatic heterocycles. The smallest absolute Gasteiger partial charge is 0.261 e. The topological polar surface area (TPSA) is 67.7 Å². The number of aliphatic hydroxyl groups excluding tert-OH is 1. The van der Waals surface area contributed by atoms with E-state index in [4.69, 9.17) is 32.4 Å². The zero-order valence-corrected chi connectivity index (χ0v) is 24.1. The number of methoxy groups -OCH3 is 1. The lowest BCUT2D eigenvalue weighted by atomic mass is 10.2. The monoisotopic (exact) mass is 547 g/mol. The average Bonchev–Trinajstić information content (AvgIpc) is 2.85. The van der Waals surface area contributed by atoms with Crippen LogP contribution in [-0.2, 0) is 4.43 Å². The number of anilines is 1. The van der Waals surface area contributed by atoms with Crippen molar-refractivity contribution >= 4 is 47.7 Å². The Morgan fingerprint density at radius 3 is 2.00 bits per heavy atom. The largest absolute Gasteiger partial charge is 0.490 e. The van der Waals surface area contributed by atoms with Crippen LogP contribution in [0.3, 0.4) is 0 Å². The van der Waals surface area contributed by atoms with Gasteiger partial charge >= 0.3 is 0 Å². The summed E-state index contributed by atoms with van der Waals surface area (Å²) in [5, 5.41) is 12.3. The van der Waals surface area contributed by atoms with E-state index in [9.17, 15) is 5.11 Å². The highest BCUT2D eigenvalue weighted by Crippen LogP contribution is 2.38. The van der Waals surface area contributed by atoms with Gasteiger partial charge in [0.1, 0.15) is 0 Å². The number of rotatable bonds is 11. The van der Waals surface area contributed by atoms with Gasteiger partial charge < -0.3 is 19.2 Å². The minimum atomic E-state index is -2.64. The Balaban J connectivity index is 1.93. The Bertz CT molecular complexity index is 1070. The summed E-state index contributed by atoms with van der Waals surface area (Å²) in [7, 11) is -1.14. The predicted molar refractivity (Wildman–Crippen MR) is 151 cm³/mol. The van der Waals surface area contributed by atoms with Crippen LogP contribution in [0.25, 0.3) is 0 Å². The first-order chi connectivity index (χ1) is 17.2. The molecule has 2 aromatic carbocycles. The Labute approximate surface area is 225 Å². The van der Waals surface area contributed by atoms with Gasteiger partial charge in [-0.3, -0.25) is 0 Å². The van der Waals surface area contributed by atoms with Crippen molar-refractivity contribution in [2.24, 2.45) is 0 Å². The SMILES string of the molecule is COc1c(Cl)nc(Cl)nc1N(CCO)[C@@H](C)CCO[Si](c1ccccc1)(c1ccccc1)C(C)(C)C. The molecule has 0 bridgehead atoms. The minimum Gasteiger partial charge on any atom is -0.490 e. The van der Waals surface area contributed by atoms with E-state index in [1.807, 2.05) is 17.0 Å². The molecule has 0 spiro atoms. The van der Waals surface area contributed by atoms with Crippen LogP contribution in [0.4, 0.5) is 5.82 Å². The molecule has 0 saturated heterocycles. The van der Waals surface area contributed by atoms with Gasteiger partial charge in [-0.05, 0) is 40.4 Å². The molecule has 0 saturated carbocycles. The summed E-state index contributed by atoms with van der Waals surface area (Å²) < 4.78 is 12.5. The maximum atomic E-state index is 9.79. The number of aliphatic hydroxyl groups is 1. The van der Waals surface area contributed by atoms with Gasteiger partial charge in [0.25, 0.3) is 8.32 Å². The van der Waals surface area contributed by atoms with Gasteiger partial charge in [-0.15, -0.1) is 0 Å². The van der Waals surface area contributed by atoms with E-state index in [0.717, 1.165) is 0 Å². The van der Waals surface area contributed by atoms with E-state index in [2.05, 4.69) is 86.2 Å². The third-order valence-electron chi connectivity index (χ3n) is 6.40. The van der Waals surface area contributed by atoms with E-state index < -0.39 is 8.32 Å². The Kier molecular flexibility index (Phi) is 9.77. The van der Waals surface area contributed by atoms with Crippen LogP contribution >= 0.6 is 23.2 Å². The van der Waals surface area contributed by atoms with E-state index in [0.29, 0.717) is 31.1 Å². The van der Waals surface area contributed by atoms with Crippen LogP contribution in [0.1, 0.15) is 34.1 Å². The fourth-order valence-corrected chi connectivity index (χ4v) is 9.73. The molecule has 0 amide bonds. The second kappa shape index (κ2) is 12.4. The third-order valence-corrected chi connectivity index (χ3v) is 11.9. The van der Waals surface area contributed by atoms with Crippen molar-refractivity contribution in [3.8, 4) is 5.75 Å². The molecule has 3 aromatic rings. The second-order valence-corrected chi connectivity index (χ2v) is 14.7. The van der Waals surface area contributed by atoms with Gasteiger partial charge in [-0.2, -0.15) is 4.98 Å². The summed E-state index contributed by atoms with van der Waals surface area (Å²) >= 11 is 12.4. The quantitative estimate of drug-likeness (QED) is 0.208. The molecule has 0 fully saturated rings. The van der Waals surface area contributed by atoms with Crippen molar-refractivity contribution in [2.45, 2.75) is 45.2 Å². The molecule has 9 heteroatoms. The molecule has 1 heterocycles. The highest BCUT2D eigenvalue weighted by Gasteiger charge is 2.50. The van der Waals surface area contributed by atoms with Gasteiger partial charge in [0.05, 0.1) is 13.7 Å². The number of benzene rings is 2. The first-order valence-electron chi connectivity index (χ1n) is 12.0. The Hall–Kier alpha value is -2.16. The third kappa shape index (κ3) is 6.03. The van der Waals surface area contributed by atoms with Gasteiger partial charge in [0.15, 0.2) is 16.7 Å². The molecule has 1 N–H and O–H groups in total. The maximum Gasteiger partial charge on any atom is 0.261 e. The van der Waals surface area contributed by atoms with Crippen LogP contribution in [0.2, 0.25) is 15.5 Å². The van der Waals surface area contributed by atoms with Crippen molar-refractivity contribution in [3.05, 3.63) is 71.1 Å². The van der Waals surface area contributed by atoms with E-state index >= 15 is 0 Å². The summed E-state index contributed by atoms with van der Waals surface area (Å²) in [5.74, 6) is 0.781. The van der Waals surface area contributed by atoms with Crippen LogP contribution in [0, 0.1) is 0 Å². The molecule has 194 valence electrons. The fourth-order valence-electron chi connectivity index (χ4n) is 4.70. The molecule has 0 unspecified atom stereocenters. The normalized spacial score (nSPS) is 12.9. The van der Waals surface area contributed by atoms with Crippen LogP contribution in [-0.4, -0.2) is 56.3 Å². The lowest BCUT2D eigenvalue weighted by Crippen LogP contribution is -2.66. The Morgan fingerprint density at radius 2 is 1.53 bits per heavy atom. The number of hydrogen-bond donors (Lipinski definition) is 1. The number of ether oxygens (including phenoxy) is 1.